The van der Waals surface area contributed by atoms with Gasteiger partial charge in [-0.15, -0.1) is 0 Å². The molecule has 3 heteroatoms. The monoisotopic (exact) mass is 414 g/mol. The van der Waals surface area contributed by atoms with Gasteiger partial charge in [0.05, 0.1) is 6.10 Å². The molecular formula is C18H27IOSi. The van der Waals surface area contributed by atoms with E-state index in [0.29, 0.717) is 12.0 Å². The largest absolute Gasteiger partial charge is 0.413 e. The van der Waals surface area contributed by atoms with Gasteiger partial charge in [0.15, 0.2) is 8.32 Å². The summed E-state index contributed by atoms with van der Waals surface area (Å²) in [5, 5.41) is 0.266. The highest BCUT2D eigenvalue weighted by Crippen LogP contribution is 2.40. The van der Waals surface area contributed by atoms with E-state index in [0.717, 1.165) is 6.42 Å². The molecule has 0 fully saturated rings. The summed E-state index contributed by atoms with van der Waals surface area (Å²) in [4.78, 5) is 0. The number of rotatable bonds is 5. The van der Waals surface area contributed by atoms with Gasteiger partial charge in [0.1, 0.15) is 0 Å². The molecule has 0 unspecified atom stereocenters. The minimum absolute atomic E-state index is 0.266. The van der Waals surface area contributed by atoms with Crippen LogP contribution in [0.25, 0.3) is 0 Å². The summed E-state index contributed by atoms with van der Waals surface area (Å²) in [5.41, 5.74) is 1.42. The van der Waals surface area contributed by atoms with Gasteiger partial charge in [-0.25, -0.2) is 0 Å². The fraction of sp³-hybridized carbons (Fsp3) is 0.556. The van der Waals surface area contributed by atoms with E-state index in [2.05, 4.69) is 92.9 Å². The molecule has 0 saturated heterocycles. The summed E-state index contributed by atoms with van der Waals surface area (Å²) in [6.07, 6.45) is 7.12. The SMILES string of the molecule is CC(C)(C)[Si](C)(C)O[C@@H](Cc1ccccc1I)[C@@H]1C=CC1. The molecule has 0 heterocycles. The van der Waals surface area contributed by atoms with E-state index in [4.69, 9.17) is 4.43 Å². The van der Waals surface area contributed by atoms with Crippen LogP contribution in [0.4, 0.5) is 0 Å². The summed E-state index contributed by atoms with van der Waals surface area (Å²) < 4.78 is 8.10. The molecule has 0 amide bonds. The number of halogens is 1. The van der Waals surface area contributed by atoms with Crippen LogP contribution in [-0.4, -0.2) is 14.4 Å². The highest BCUT2D eigenvalue weighted by atomic mass is 127. The van der Waals surface area contributed by atoms with Gasteiger partial charge in [0.25, 0.3) is 0 Å². The lowest BCUT2D eigenvalue weighted by molar-refractivity contribution is 0.132. The van der Waals surface area contributed by atoms with E-state index in [1.807, 2.05) is 0 Å². The number of allylic oxidation sites excluding steroid dienone is 1. The molecule has 21 heavy (non-hydrogen) atoms. The first-order valence-electron chi connectivity index (χ1n) is 7.78. The minimum atomic E-state index is -1.72. The lowest BCUT2D eigenvalue weighted by atomic mass is 9.86. The predicted octanol–water partition coefficient (Wildman–Crippen LogP) is 5.80. The zero-order valence-electron chi connectivity index (χ0n) is 13.8. The smallest absolute Gasteiger partial charge is 0.192 e. The van der Waals surface area contributed by atoms with Crippen molar-refractivity contribution in [1.82, 2.24) is 0 Å². The van der Waals surface area contributed by atoms with Crippen LogP contribution in [0.3, 0.4) is 0 Å². The van der Waals surface area contributed by atoms with Crippen LogP contribution in [0.15, 0.2) is 36.4 Å². The van der Waals surface area contributed by atoms with Gasteiger partial charge in [-0.1, -0.05) is 51.1 Å². The van der Waals surface area contributed by atoms with Crippen LogP contribution < -0.4 is 0 Å². The first kappa shape index (κ1) is 17.2. The van der Waals surface area contributed by atoms with Gasteiger partial charge in [-0.2, -0.15) is 0 Å². The van der Waals surface area contributed by atoms with Crippen molar-refractivity contribution in [2.75, 3.05) is 0 Å². The number of benzene rings is 1. The Bertz CT molecular complexity index is 516. The third-order valence-corrected chi connectivity index (χ3v) is 10.5. The van der Waals surface area contributed by atoms with Crippen molar-refractivity contribution in [3.8, 4) is 0 Å². The summed E-state index contributed by atoms with van der Waals surface area (Å²) in [6.45, 7) is 11.7. The van der Waals surface area contributed by atoms with E-state index in [1.165, 1.54) is 15.6 Å². The molecule has 0 saturated carbocycles. The third kappa shape index (κ3) is 4.20. The van der Waals surface area contributed by atoms with Crippen LogP contribution >= 0.6 is 22.6 Å². The topological polar surface area (TPSA) is 9.23 Å². The Morgan fingerprint density at radius 1 is 1.29 bits per heavy atom. The minimum Gasteiger partial charge on any atom is -0.413 e. The zero-order chi connectivity index (χ0) is 15.7. The van der Waals surface area contributed by atoms with Crippen LogP contribution in [0.2, 0.25) is 18.1 Å². The quantitative estimate of drug-likeness (QED) is 0.336. The fourth-order valence-electron chi connectivity index (χ4n) is 2.29. The average Bonchev–Trinajstić information content (AvgIpc) is 2.27. The molecule has 116 valence electrons. The van der Waals surface area contributed by atoms with Gasteiger partial charge < -0.3 is 4.43 Å². The summed E-state index contributed by atoms with van der Waals surface area (Å²) in [7, 11) is -1.72. The standard InChI is InChI=1S/C18H27IOSi/c1-18(2,3)21(4,5)20-17(14-10-8-11-14)13-15-9-6-7-12-16(15)19/h6-10,12,14,17H,11,13H2,1-5H3/t14-,17+/m1/s1. The Labute approximate surface area is 144 Å². The van der Waals surface area contributed by atoms with E-state index in [1.54, 1.807) is 0 Å². The summed E-state index contributed by atoms with van der Waals surface area (Å²) in [6, 6.07) is 8.68. The molecule has 0 bridgehead atoms. The van der Waals surface area contributed by atoms with E-state index in [-0.39, 0.29) is 5.04 Å². The second-order valence-corrected chi connectivity index (χ2v) is 13.5. The Balaban J connectivity index is 2.16. The van der Waals surface area contributed by atoms with Crippen LogP contribution in [0.5, 0.6) is 0 Å². The second kappa shape index (κ2) is 6.55. The van der Waals surface area contributed by atoms with Gasteiger partial charge in [0, 0.05) is 9.49 Å². The molecule has 1 aromatic carbocycles. The lowest BCUT2D eigenvalue weighted by Gasteiger charge is -2.42. The second-order valence-electron chi connectivity index (χ2n) is 7.54. The van der Waals surface area contributed by atoms with Crippen molar-refractivity contribution in [3.05, 3.63) is 45.6 Å². The molecule has 0 spiro atoms. The molecule has 2 atom stereocenters. The molecule has 1 aromatic rings. The summed E-state index contributed by atoms with van der Waals surface area (Å²) in [5.74, 6) is 0.593. The Morgan fingerprint density at radius 2 is 1.90 bits per heavy atom. The Kier molecular flexibility index (Phi) is 5.37. The maximum Gasteiger partial charge on any atom is 0.192 e. The van der Waals surface area contributed by atoms with Crippen molar-refractivity contribution >= 4 is 30.9 Å². The van der Waals surface area contributed by atoms with Crippen molar-refractivity contribution in [2.24, 2.45) is 5.92 Å². The normalized spacial score (nSPS) is 20.2. The highest BCUT2D eigenvalue weighted by Gasteiger charge is 2.40. The Hall–Kier alpha value is -0.133. The van der Waals surface area contributed by atoms with E-state index < -0.39 is 8.32 Å². The molecule has 1 aliphatic rings. The number of hydrogen-bond acceptors (Lipinski definition) is 1. The van der Waals surface area contributed by atoms with Crippen LogP contribution in [-0.2, 0) is 10.8 Å². The molecule has 0 aliphatic heterocycles. The molecule has 2 rings (SSSR count). The maximum atomic E-state index is 6.75. The van der Waals surface area contributed by atoms with Crippen molar-refractivity contribution in [3.63, 3.8) is 0 Å². The van der Waals surface area contributed by atoms with Crippen LogP contribution in [0, 0.1) is 9.49 Å². The van der Waals surface area contributed by atoms with Crippen molar-refractivity contribution in [2.45, 2.75) is 57.8 Å². The average molecular weight is 414 g/mol. The first-order valence-corrected chi connectivity index (χ1v) is 11.8. The zero-order valence-corrected chi connectivity index (χ0v) is 17.0. The van der Waals surface area contributed by atoms with Gasteiger partial charge in [-0.05, 0) is 65.2 Å². The molecule has 0 N–H and O–H groups in total. The van der Waals surface area contributed by atoms with Crippen molar-refractivity contribution < 1.29 is 4.43 Å². The van der Waals surface area contributed by atoms with E-state index >= 15 is 0 Å². The highest BCUT2D eigenvalue weighted by molar-refractivity contribution is 14.1. The number of hydrogen-bond donors (Lipinski definition) is 0. The molecule has 0 radical (unpaired) electrons. The Morgan fingerprint density at radius 3 is 2.38 bits per heavy atom. The maximum absolute atomic E-state index is 6.75. The summed E-state index contributed by atoms with van der Waals surface area (Å²) >= 11 is 2.44. The third-order valence-electron chi connectivity index (χ3n) is 4.90. The first-order chi connectivity index (χ1) is 9.71. The molecular weight excluding hydrogens is 387 g/mol. The van der Waals surface area contributed by atoms with Crippen molar-refractivity contribution in [1.29, 1.82) is 0 Å². The fourth-order valence-corrected chi connectivity index (χ4v) is 4.26. The van der Waals surface area contributed by atoms with Gasteiger partial charge >= 0.3 is 0 Å². The van der Waals surface area contributed by atoms with Gasteiger partial charge in [-0.3, -0.25) is 0 Å². The molecule has 0 aromatic heterocycles. The van der Waals surface area contributed by atoms with Crippen LogP contribution in [0.1, 0.15) is 32.8 Å². The molecule has 1 aliphatic carbocycles. The predicted molar refractivity (Wildman–Crippen MR) is 102 cm³/mol. The lowest BCUT2D eigenvalue weighted by Crippen LogP contribution is -2.46. The molecule has 1 nitrogen and oxygen atoms in total. The van der Waals surface area contributed by atoms with E-state index in [9.17, 15) is 0 Å². The van der Waals surface area contributed by atoms with Gasteiger partial charge in [0.2, 0.25) is 0 Å².